The van der Waals surface area contributed by atoms with Crippen LogP contribution in [-0.4, -0.2) is 66.7 Å². The first-order valence-corrected chi connectivity index (χ1v) is 19.7. The van der Waals surface area contributed by atoms with Gasteiger partial charge >= 0.3 is 16.4 Å². The number of hydrogen-bond donors (Lipinski definition) is 0. The molecular weight excluding hydrogens is 648 g/mol. The first-order chi connectivity index (χ1) is 21.8. The monoisotopic (exact) mass is 689 g/mol. The molecule has 1 aliphatic heterocycles. The predicted octanol–water partition coefficient (Wildman–Crippen LogP) is 7.10. The maximum Gasteiger partial charge on any atom is 0.416 e. The van der Waals surface area contributed by atoms with Crippen molar-refractivity contribution in [1.29, 1.82) is 0 Å². The van der Waals surface area contributed by atoms with Gasteiger partial charge in [-0.2, -0.15) is 25.9 Å². The van der Waals surface area contributed by atoms with Crippen molar-refractivity contribution in [2.75, 3.05) is 27.3 Å². The Bertz CT molecular complexity index is 1940. The van der Waals surface area contributed by atoms with Gasteiger partial charge in [-0.1, -0.05) is 39.0 Å². The number of hydrogen-bond acceptors (Lipinski definition) is 6. The molecule has 0 N–H and O–H groups in total. The van der Waals surface area contributed by atoms with Gasteiger partial charge in [0.15, 0.2) is 8.32 Å². The highest BCUT2D eigenvalue weighted by atomic mass is 32.2. The van der Waals surface area contributed by atoms with Gasteiger partial charge in [0.25, 0.3) is 0 Å². The number of nitrogens with zero attached hydrogens (tertiary/aromatic N) is 5. The summed E-state index contributed by atoms with van der Waals surface area (Å²) in [4.78, 5) is 9.52. The lowest BCUT2D eigenvalue weighted by atomic mass is 9.97. The molecule has 0 saturated carbocycles. The Morgan fingerprint density at radius 2 is 1.85 bits per heavy atom. The van der Waals surface area contributed by atoms with Crippen LogP contribution in [-0.2, 0) is 38.6 Å². The molecule has 14 heteroatoms. The molecule has 47 heavy (non-hydrogen) atoms. The molecule has 1 aromatic carbocycles. The van der Waals surface area contributed by atoms with Crippen LogP contribution in [0, 0.1) is 6.92 Å². The molecule has 9 nitrogen and oxygen atoms in total. The quantitative estimate of drug-likeness (QED) is 0.174. The highest BCUT2D eigenvalue weighted by molar-refractivity contribution is 7.87. The normalized spacial score (nSPS) is 15.1. The van der Waals surface area contributed by atoms with E-state index >= 15 is 0 Å². The van der Waals surface area contributed by atoms with E-state index in [0.717, 1.165) is 25.5 Å². The van der Waals surface area contributed by atoms with E-state index in [1.54, 1.807) is 6.07 Å². The molecule has 1 aliphatic rings. The number of aromatic nitrogens is 4. The third-order valence-corrected chi connectivity index (χ3v) is 15.4. The van der Waals surface area contributed by atoms with Crippen molar-refractivity contribution in [3.8, 4) is 11.3 Å². The van der Waals surface area contributed by atoms with Gasteiger partial charge in [-0.15, -0.1) is 0 Å². The molecule has 254 valence electrons. The molecule has 0 bridgehead atoms. The zero-order chi connectivity index (χ0) is 34.5. The van der Waals surface area contributed by atoms with Crippen LogP contribution in [0.15, 0.2) is 49.1 Å². The fraction of sp³-hybridized carbons (Fsp3) is 0.455. The van der Waals surface area contributed by atoms with E-state index in [1.165, 1.54) is 39.6 Å². The summed E-state index contributed by atoms with van der Waals surface area (Å²) in [5.41, 5.74) is 4.67. The summed E-state index contributed by atoms with van der Waals surface area (Å²) in [7, 11) is -3.19. The molecule has 0 atom stereocenters. The first kappa shape index (κ1) is 35.0. The summed E-state index contributed by atoms with van der Waals surface area (Å²) in [6.45, 7) is 13.3. The number of imidazole rings is 2. The van der Waals surface area contributed by atoms with Gasteiger partial charge in [0.2, 0.25) is 0 Å². The van der Waals surface area contributed by atoms with E-state index in [0.29, 0.717) is 53.5 Å². The molecule has 0 radical (unpaired) electrons. The van der Waals surface area contributed by atoms with Crippen molar-refractivity contribution in [3.05, 3.63) is 82.7 Å². The first-order valence-electron chi connectivity index (χ1n) is 15.4. The van der Waals surface area contributed by atoms with Crippen LogP contribution in [0.25, 0.3) is 22.5 Å². The average Bonchev–Trinajstić information content (AvgIpc) is 3.62. The fourth-order valence-corrected chi connectivity index (χ4v) is 6.99. The van der Waals surface area contributed by atoms with Crippen LogP contribution in [0.5, 0.6) is 0 Å². The third-order valence-electron chi connectivity index (χ3n) is 9.29. The standard InChI is InChI=1S/C33H42F3N5O4SSi/c1-22-24(10-9-11-27(22)33(34,35)36)17-30-29(20-45-47(7,8)32(2,3)4)38-31-26(28-19-40(21-37-28)46(42,43)39(5)6)16-25(18-41(30)31)23-12-14-44-15-13-23/h9-12,16,18-19,21H,13-15,17,20H2,1-8H3. The average molecular weight is 690 g/mol. The van der Waals surface area contributed by atoms with E-state index in [1.807, 2.05) is 22.7 Å². The maximum absolute atomic E-state index is 13.9. The zero-order valence-electron chi connectivity index (χ0n) is 28.1. The van der Waals surface area contributed by atoms with Gasteiger partial charge < -0.3 is 13.6 Å². The van der Waals surface area contributed by atoms with Crippen molar-refractivity contribution in [1.82, 2.24) is 22.6 Å². The highest BCUT2D eigenvalue weighted by Gasteiger charge is 2.38. The van der Waals surface area contributed by atoms with Gasteiger partial charge in [-0.05, 0) is 65.9 Å². The van der Waals surface area contributed by atoms with Crippen LogP contribution in [0.3, 0.4) is 0 Å². The van der Waals surface area contributed by atoms with E-state index < -0.39 is 30.3 Å². The minimum atomic E-state index is -4.49. The maximum atomic E-state index is 13.9. The van der Waals surface area contributed by atoms with E-state index in [-0.39, 0.29) is 23.6 Å². The molecule has 0 amide bonds. The highest BCUT2D eigenvalue weighted by Crippen LogP contribution is 2.39. The van der Waals surface area contributed by atoms with Crippen LogP contribution in [0.1, 0.15) is 60.8 Å². The number of rotatable bonds is 9. The summed E-state index contributed by atoms with van der Waals surface area (Å²) in [5, 5.41) is -0.0808. The molecule has 0 spiro atoms. The smallest absolute Gasteiger partial charge is 0.411 e. The number of fused-ring (bicyclic) bond motifs is 1. The lowest BCUT2D eigenvalue weighted by Gasteiger charge is -2.36. The van der Waals surface area contributed by atoms with Crippen molar-refractivity contribution in [2.45, 2.75) is 71.5 Å². The van der Waals surface area contributed by atoms with Crippen LogP contribution < -0.4 is 0 Å². The predicted molar refractivity (Wildman–Crippen MR) is 179 cm³/mol. The lowest BCUT2D eigenvalue weighted by Crippen LogP contribution is -2.40. The van der Waals surface area contributed by atoms with Crippen molar-refractivity contribution in [3.63, 3.8) is 0 Å². The zero-order valence-corrected chi connectivity index (χ0v) is 29.9. The second kappa shape index (κ2) is 12.6. The Morgan fingerprint density at radius 3 is 2.47 bits per heavy atom. The second-order valence-electron chi connectivity index (χ2n) is 13.6. The molecule has 5 rings (SSSR count). The minimum Gasteiger partial charge on any atom is -0.411 e. The Morgan fingerprint density at radius 1 is 1.13 bits per heavy atom. The lowest BCUT2D eigenvalue weighted by molar-refractivity contribution is -0.138. The summed E-state index contributed by atoms with van der Waals surface area (Å²) in [5.74, 6) is 0. The minimum absolute atomic E-state index is 0.0808. The van der Waals surface area contributed by atoms with Gasteiger partial charge in [-0.25, -0.2) is 13.9 Å². The Hall–Kier alpha value is -3.30. The Labute approximate surface area is 275 Å². The summed E-state index contributed by atoms with van der Waals surface area (Å²) in [6.07, 6.45) is 2.98. The molecule has 3 aromatic heterocycles. The van der Waals surface area contributed by atoms with Crippen molar-refractivity contribution >= 4 is 29.7 Å². The molecule has 0 unspecified atom stereocenters. The van der Waals surface area contributed by atoms with E-state index in [4.69, 9.17) is 14.1 Å². The summed E-state index contributed by atoms with van der Waals surface area (Å²) in [6, 6.07) is 6.18. The van der Waals surface area contributed by atoms with Gasteiger partial charge in [0.1, 0.15) is 12.0 Å². The third kappa shape index (κ3) is 6.97. The Balaban J connectivity index is 1.76. The van der Waals surface area contributed by atoms with Crippen LogP contribution >= 0.6 is 0 Å². The SMILES string of the molecule is Cc1c(Cc2c(CO[Si](C)(C)C(C)(C)C)nc3c(-c4cn(S(=O)(=O)N(C)C)cn4)cc(C4=CCOCC4)cn23)cccc1C(F)(F)F. The molecule has 0 saturated heterocycles. The molecule has 0 fully saturated rings. The topological polar surface area (TPSA) is 91.0 Å². The van der Waals surface area contributed by atoms with Gasteiger partial charge in [-0.3, -0.25) is 0 Å². The van der Waals surface area contributed by atoms with E-state index in [2.05, 4.69) is 38.8 Å². The number of alkyl halides is 3. The van der Waals surface area contributed by atoms with Crippen LogP contribution in [0.4, 0.5) is 13.2 Å². The number of pyridine rings is 1. The van der Waals surface area contributed by atoms with Gasteiger partial charge in [0.05, 0.1) is 42.5 Å². The summed E-state index contributed by atoms with van der Waals surface area (Å²) < 4.78 is 83.9. The molecule has 4 aromatic rings. The van der Waals surface area contributed by atoms with E-state index in [9.17, 15) is 21.6 Å². The molecule has 0 aliphatic carbocycles. The molecular formula is C33H42F3N5O4SSi. The summed E-state index contributed by atoms with van der Waals surface area (Å²) >= 11 is 0. The number of halogens is 3. The van der Waals surface area contributed by atoms with Crippen molar-refractivity contribution in [2.24, 2.45) is 0 Å². The number of benzene rings is 1. The van der Waals surface area contributed by atoms with Crippen molar-refractivity contribution < 1.29 is 30.8 Å². The fourth-order valence-electron chi connectivity index (χ4n) is 5.28. The van der Waals surface area contributed by atoms with Crippen LogP contribution in [0.2, 0.25) is 18.1 Å². The number of ether oxygens (including phenoxy) is 1. The molecule has 4 heterocycles. The largest absolute Gasteiger partial charge is 0.416 e. The second-order valence-corrected chi connectivity index (χ2v) is 20.4. The Kier molecular flexibility index (Phi) is 9.40. The van der Waals surface area contributed by atoms with Gasteiger partial charge in [0, 0.05) is 38.5 Å².